The summed E-state index contributed by atoms with van der Waals surface area (Å²) in [5.74, 6) is 0.539. The van der Waals surface area contributed by atoms with Gasteiger partial charge in [0.1, 0.15) is 0 Å². The first-order chi connectivity index (χ1) is 7.24. The first-order valence-electron chi connectivity index (χ1n) is 5.74. The largest absolute Gasteiger partial charge is 0.376 e. The fourth-order valence-electron chi connectivity index (χ4n) is 2.32. The first kappa shape index (κ1) is 10.7. The smallest absolute Gasteiger partial charge is 0.0737 e. The van der Waals surface area contributed by atoms with Crippen molar-refractivity contribution in [1.29, 1.82) is 0 Å². The number of H-pyrrole nitrogens is 1. The van der Waals surface area contributed by atoms with Gasteiger partial charge in [-0.25, -0.2) is 0 Å². The maximum atomic E-state index is 5.67. The maximum absolute atomic E-state index is 5.67. The van der Waals surface area contributed by atoms with Crippen LogP contribution in [0.4, 0.5) is 0 Å². The summed E-state index contributed by atoms with van der Waals surface area (Å²) in [5, 5.41) is 0. The van der Waals surface area contributed by atoms with E-state index in [9.17, 15) is 0 Å². The van der Waals surface area contributed by atoms with Crippen molar-refractivity contribution in [3.8, 4) is 0 Å². The lowest BCUT2D eigenvalue weighted by Gasteiger charge is -2.13. The molecule has 3 heteroatoms. The van der Waals surface area contributed by atoms with Gasteiger partial charge in [0.25, 0.3) is 0 Å². The topological polar surface area (TPSA) is 51.0 Å². The zero-order valence-corrected chi connectivity index (χ0v) is 9.60. The second-order valence-electron chi connectivity index (χ2n) is 4.47. The Labute approximate surface area is 91.0 Å². The predicted octanol–water partition coefficient (Wildman–Crippen LogP) is 1.71. The molecule has 0 fully saturated rings. The van der Waals surface area contributed by atoms with E-state index in [2.05, 4.69) is 18.8 Å². The van der Waals surface area contributed by atoms with Gasteiger partial charge in [-0.05, 0) is 24.4 Å². The molecule has 0 spiro atoms. The van der Waals surface area contributed by atoms with Crippen LogP contribution in [0.5, 0.6) is 0 Å². The van der Waals surface area contributed by atoms with Crippen molar-refractivity contribution in [2.45, 2.75) is 39.2 Å². The molecule has 2 rings (SSSR count). The molecule has 84 valence electrons. The molecule has 0 radical (unpaired) electrons. The Morgan fingerprint density at radius 3 is 2.93 bits per heavy atom. The van der Waals surface area contributed by atoms with Gasteiger partial charge < -0.3 is 15.5 Å². The summed E-state index contributed by atoms with van der Waals surface area (Å²) in [5.41, 5.74) is 11.2. The molecule has 0 aromatic carbocycles. The average molecular weight is 208 g/mol. The molecule has 1 aliphatic rings. The van der Waals surface area contributed by atoms with Crippen LogP contribution in [0.3, 0.4) is 0 Å². The quantitative estimate of drug-likeness (QED) is 0.794. The van der Waals surface area contributed by atoms with Crippen molar-refractivity contribution in [1.82, 2.24) is 4.98 Å². The predicted molar refractivity (Wildman–Crippen MR) is 61.0 cm³/mol. The lowest BCUT2D eigenvalue weighted by Crippen LogP contribution is -2.11. The molecule has 0 aliphatic carbocycles. The minimum atomic E-state index is 0.539. The number of hydrogen-bond acceptors (Lipinski definition) is 2. The van der Waals surface area contributed by atoms with Gasteiger partial charge in [0.05, 0.1) is 13.2 Å². The van der Waals surface area contributed by atoms with Crippen LogP contribution < -0.4 is 5.73 Å². The number of hydrogen-bond donors (Lipinski definition) is 2. The minimum Gasteiger partial charge on any atom is -0.376 e. The van der Waals surface area contributed by atoms with Crippen LogP contribution in [0.1, 0.15) is 42.3 Å². The molecular weight excluding hydrogens is 188 g/mol. The van der Waals surface area contributed by atoms with Crippen LogP contribution in [0.15, 0.2) is 0 Å². The highest BCUT2D eigenvalue weighted by atomic mass is 16.5. The van der Waals surface area contributed by atoms with E-state index in [-0.39, 0.29) is 0 Å². The Bertz CT molecular complexity index is 342. The third-order valence-corrected chi connectivity index (χ3v) is 3.05. The SMILES string of the molecule is CC(C)c1[nH]c2c(c1CCN)COCC2. The van der Waals surface area contributed by atoms with Crippen molar-refractivity contribution in [2.24, 2.45) is 5.73 Å². The Hall–Kier alpha value is -0.800. The highest BCUT2D eigenvalue weighted by Crippen LogP contribution is 2.28. The number of fused-ring (bicyclic) bond motifs is 1. The Balaban J connectivity index is 2.41. The van der Waals surface area contributed by atoms with E-state index >= 15 is 0 Å². The molecule has 0 atom stereocenters. The number of nitrogens with one attached hydrogen (secondary N) is 1. The van der Waals surface area contributed by atoms with Crippen molar-refractivity contribution in [3.63, 3.8) is 0 Å². The van der Waals surface area contributed by atoms with Crippen LogP contribution in [0.2, 0.25) is 0 Å². The molecule has 0 saturated carbocycles. The number of nitrogens with two attached hydrogens (primary N) is 1. The Kier molecular flexibility index (Phi) is 3.12. The van der Waals surface area contributed by atoms with Gasteiger partial charge in [-0.1, -0.05) is 13.8 Å². The fraction of sp³-hybridized carbons (Fsp3) is 0.667. The molecule has 15 heavy (non-hydrogen) atoms. The van der Waals surface area contributed by atoms with Crippen LogP contribution in [-0.2, 0) is 24.2 Å². The number of ether oxygens (including phenoxy) is 1. The van der Waals surface area contributed by atoms with Crippen molar-refractivity contribution in [3.05, 3.63) is 22.5 Å². The average Bonchev–Trinajstić information content (AvgIpc) is 2.58. The summed E-state index contributed by atoms with van der Waals surface area (Å²) in [6.07, 6.45) is 1.97. The number of aromatic nitrogens is 1. The van der Waals surface area contributed by atoms with Crippen molar-refractivity contribution in [2.75, 3.05) is 13.2 Å². The van der Waals surface area contributed by atoms with Gasteiger partial charge >= 0.3 is 0 Å². The van der Waals surface area contributed by atoms with E-state index in [4.69, 9.17) is 10.5 Å². The van der Waals surface area contributed by atoms with E-state index in [1.807, 2.05) is 0 Å². The van der Waals surface area contributed by atoms with Gasteiger partial charge in [-0.2, -0.15) is 0 Å². The van der Waals surface area contributed by atoms with Gasteiger partial charge in [0.15, 0.2) is 0 Å². The maximum Gasteiger partial charge on any atom is 0.0737 e. The molecule has 0 amide bonds. The molecule has 0 bridgehead atoms. The summed E-state index contributed by atoms with van der Waals surface area (Å²) >= 11 is 0. The van der Waals surface area contributed by atoms with E-state index in [1.54, 1.807) is 0 Å². The molecular formula is C12H20N2O. The molecule has 1 aromatic heterocycles. The van der Waals surface area contributed by atoms with Gasteiger partial charge in [0.2, 0.25) is 0 Å². The summed E-state index contributed by atoms with van der Waals surface area (Å²) in [4.78, 5) is 3.55. The van der Waals surface area contributed by atoms with E-state index in [0.717, 1.165) is 26.1 Å². The van der Waals surface area contributed by atoms with E-state index < -0.39 is 0 Å². The first-order valence-corrected chi connectivity index (χ1v) is 5.74. The van der Waals surface area contributed by atoms with Crippen LogP contribution in [-0.4, -0.2) is 18.1 Å². The summed E-state index contributed by atoms with van der Waals surface area (Å²) in [6.45, 7) is 6.75. The summed E-state index contributed by atoms with van der Waals surface area (Å²) in [7, 11) is 0. The fourth-order valence-corrected chi connectivity index (χ4v) is 2.32. The highest BCUT2D eigenvalue weighted by molar-refractivity contribution is 5.39. The third kappa shape index (κ3) is 1.94. The molecule has 2 heterocycles. The molecule has 0 unspecified atom stereocenters. The third-order valence-electron chi connectivity index (χ3n) is 3.05. The van der Waals surface area contributed by atoms with Gasteiger partial charge in [-0.3, -0.25) is 0 Å². The van der Waals surface area contributed by atoms with Crippen LogP contribution in [0.25, 0.3) is 0 Å². The van der Waals surface area contributed by atoms with Gasteiger partial charge in [-0.15, -0.1) is 0 Å². The highest BCUT2D eigenvalue weighted by Gasteiger charge is 2.20. The molecule has 3 N–H and O–H groups in total. The Morgan fingerprint density at radius 1 is 1.47 bits per heavy atom. The monoisotopic (exact) mass is 208 g/mol. The zero-order chi connectivity index (χ0) is 10.8. The summed E-state index contributed by atoms with van der Waals surface area (Å²) in [6, 6.07) is 0. The van der Waals surface area contributed by atoms with E-state index in [1.165, 1.54) is 22.5 Å². The van der Waals surface area contributed by atoms with E-state index in [0.29, 0.717) is 12.5 Å². The second kappa shape index (κ2) is 4.37. The zero-order valence-electron chi connectivity index (χ0n) is 9.60. The lowest BCUT2D eigenvalue weighted by atomic mass is 9.99. The number of rotatable bonds is 3. The summed E-state index contributed by atoms with van der Waals surface area (Å²) < 4.78 is 5.52. The molecule has 1 aliphatic heterocycles. The second-order valence-corrected chi connectivity index (χ2v) is 4.47. The lowest BCUT2D eigenvalue weighted by molar-refractivity contribution is 0.109. The molecule has 0 saturated heterocycles. The van der Waals surface area contributed by atoms with Crippen LogP contribution in [0, 0.1) is 0 Å². The van der Waals surface area contributed by atoms with Crippen molar-refractivity contribution < 1.29 is 4.74 Å². The standard InChI is InChI=1S/C12H20N2O/c1-8(2)12-9(3-5-13)10-7-15-6-4-11(10)14-12/h8,14H,3-7,13H2,1-2H3. The normalized spacial score (nSPS) is 15.7. The minimum absolute atomic E-state index is 0.539. The molecule has 3 nitrogen and oxygen atoms in total. The van der Waals surface area contributed by atoms with Gasteiger partial charge in [0, 0.05) is 23.4 Å². The number of aromatic amines is 1. The molecule has 1 aromatic rings. The van der Waals surface area contributed by atoms with Crippen molar-refractivity contribution >= 4 is 0 Å². The van der Waals surface area contributed by atoms with Crippen LogP contribution >= 0.6 is 0 Å². The Morgan fingerprint density at radius 2 is 2.27 bits per heavy atom.